The number of likely N-dealkylation sites (tertiary alicyclic amines) is 1. The Morgan fingerprint density at radius 2 is 1.95 bits per heavy atom. The molecular weight excluding hydrogens is 291 g/mol. The summed E-state index contributed by atoms with van der Waals surface area (Å²) in [5.74, 6) is -0.786. The maximum Gasteiger partial charge on any atom is 0.263 e. The fraction of sp³-hybridized carbons (Fsp3) is 0.333. The molecule has 0 aliphatic carbocycles. The molecule has 110 valence electrons. The zero-order chi connectivity index (χ0) is 15.0. The highest BCUT2D eigenvalue weighted by Gasteiger charge is 2.27. The summed E-state index contributed by atoms with van der Waals surface area (Å²) in [7, 11) is 0. The fourth-order valence-corrected chi connectivity index (χ4v) is 3.65. The van der Waals surface area contributed by atoms with Gasteiger partial charge in [-0.1, -0.05) is 0 Å². The second kappa shape index (κ2) is 5.44. The number of carbonyl (C=O) groups excluding carboxylic acids is 2. The van der Waals surface area contributed by atoms with E-state index >= 15 is 0 Å². The quantitative estimate of drug-likeness (QED) is 0.926. The predicted molar refractivity (Wildman–Crippen MR) is 79.6 cm³/mol. The van der Waals surface area contributed by atoms with Gasteiger partial charge in [-0.25, -0.2) is 4.39 Å². The second-order valence-corrected chi connectivity index (χ2v) is 6.35. The van der Waals surface area contributed by atoms with Gasteiger partial charge in [-0.3, -0.25) is 9.59 Å². The average molecular weight is 306 g/mol. The molecule has 1 aliphatic rings. The van der Waals surface area contributed by atoms with E-state index in [4.69, 9.17) is 5.73 Å². The van der Waals surface area contributed by atoms with E-state index in [-0.39, 0.29) is 23.5 Å². The van der Waals surface area contributed by atoms with Crippen molar-refractivity contribution in [3.8, 4) is 0 Å². The van der Waals surface area contributed by atoms with Crippen LogP contribution in [-0.4, -0.2) is 29.8 Å². The Morgan fingerprint density at radius 3 is 2.62 bits per heavy atom. The van der Waals surface area contributed by atoms with Crippen molar-refractivity contribution >= 4 is 33.2 Å². The van der Waals surface area contributed by atoms with E-state index in [1.54, 1.807) is 17.0 Å². The topological polar surface area (TPSA) is 63.4 Å². The zero-order valence-electron chi connectivity index (χ0n) is 11.3. The molecule has 0 unspecified atom stereocenters. The minimum absolute atomic E-state index is 0.0560. The molecule has 6 heteroatoms. The number of carbonyl (C=O) groups is 2. The van der Waals surface area contributed by atoms with Crippen molar-refractivity contribution in [2.75, 3.05) is 13.1 Å². The van der Waals surface area contributed by atoms with Crippen LogP contribution in [0.1, 0.15) is 22.5 Å². The number of piperidine rings is 1. The van der Waals surface area contributed by atoms with Crippen LogP contribution in [0.3, 0.4) is 0 Å². The van der Waals surface area contributed by atoms with Gasteiger partial charge in [0.25, 0.3) is 5.91 Å². The number of amides is 2. The van der Waals surface area contributed by atoms with Crippen molar-refractivity contribution < 1.29 is 14.0 Å². The third-order valence-electron chi connectivity index (χ3n) is 3.87. The lowest BCUT2D eigenvalue weighted by molar-refractivity contribution is -0.123. The zero-order valence-corrected chi connectivity index (χ0v) is 12.2. The number of benzene rings is 1. The predicted octanol–water partition coefficient (Wildman–Crippen LogP) is 2.38. The Bertz CT molecular complexity index is 705. The van der Waals surface area contributed by atoms with Crippen LogP contribution in [0.25, 0.3) is 10.1 Å². The molecule has 1 fully saturated rings. The highest BCUT2D eigenvalue weighted by molar-refractivity contribution is 7.20. The minimum atomic E-state index is -0.304. The van der Waals surface area contributed by atoms with Crippen molar-refractivity contribution in [1.29, 1.82) is 0 Å². The summed E-state index contributed by atoms with van der Waals surface area (Å²) in [5, 5.41) is 0.746. The van der Waals surface area contributed by atoms with E-state index in [1.165, 1.54) is 23.5 Å². The highest BCUT2D eigenvalue weighted by atomic mass is 32.1. The average Bonchev–Trinajstić information content (AvgIpc) is 2.89. The number of halogens is 1. The number of hydrogen-bond donors (Lipinski definition) is 1. The van der Waals surface area contributed by atoms with E-state index in [9.17, 15) is 14.0 Å². The molecule has 0 bridgehead atoms. The van der Waals surface area contributed by atoms with Crippen molar-refractivity contribution in [3.63, 3.8) is 0 Å². The molecule has 21 heavy (non-hydrogen) atoms. The van der Waals surface area contributed by atoms with E-state index in [0.717, 1.165) is 10.1 Å². The summed E-state index contributed by atoms with van der Waals surface area (Å²) < 4.78 is 14.1. The normalized spacial score (nSPS) is 16.3. The van der Waals surface area contributed by atoms with Crippen molar-refractivity contribution in [2.45, 2.75) is 12.8 Å². The SMILES string of the molecule is NC(=O)C1CCN(C(=O)c2cc3cc(F)ccc3s2)CC1. The lowest BCUT2D eigenvalue weighted by Crippen LogP contribution is -2.41. The van der Waals surface area contributed by atoms with Crippen LogP contribution in [0.15, 0.2) is 24.3 Å². The lowest BCUT2D eigenvalue weighted by Gasteiger charge is -2.30. The van der Waals surface area contributed by atoms with Gasteiger partial charge in [0.1, 0.15) is 5.82 Å². The minimum Gasteiger partial charge on any atom is -0.369 e. The van der Waals surface area contributed by atoms with Crippen molar-refractivity contribution in [2.24, 2.45) is 11.7 Å². The van der Waals surface area contributed by atoms with Crippen LogP contribution in [0, 0.1) is 11.7 Å². The Kier molecular flexibility index (Phi) is 3.63. The first-order valence-electron chi connectivity index (χ1n) is 6.82. The summed E-state index contributed by atoms with van der Waals surface area (Å²) in [5.41, 5.74) is 5.29. The Labute approximate surface area is 125 Å². The van der Waals surface area contributed by atoms with Gasteiger partial charge in [-0.15, -0.1) is 11.3 Å². The number of nitrogens with two attached hydrogens (primary N) is 1. The summed E-state index contributed by atoms with van der Waals surface area (Å²) in [6.45, 7) is 1.07. The Balaban J connectivity index is 1.76. The van der Waals surface area contributed by atoms with Gasteiger partial charge in [-0.05, 0) is 42.5 Å². The first kappa shape index (κ1) is 14.0. The number of thiophene rings is 1. The van der Waals surface area contributed by atoms with Crippen LogP contribution in [0.2, 0.25) is 0 Å². The molecule has 2 N–H and O–H groups in total. The molecule has 1 aromatic heterocycles. The number of fused-ring (bicyclic) bond motifs is 1. The molecule has 0 spiro atoms. The standard InChI is InChI=1S/C15H15FN2O2S/c16-11-1-2-12-10(7-11)8-13(21-12)15(20)18-5-3-9(4-6-18)14(17)19/h1-2,7-9H,3-6H2,(H2,17,19). The molecule has 0 atom stereocenters. The van der Waals surface area contributed by atoms with E-state index in [0.29, 0.717) is 30.8 Å². The molecule has 1 aliphatic heterocycles. The van der Waals surface area contributed by atoms with Crippen LogP contribution in [0.5, 0.6) is 0 Å². The number of rotatable bonds is 2. The van der Waals surface area contributed by atoms with Gasteiger partial charge in [0, 0.05) is 23.7 Å². The van der Waals surface area contributed by atoms with Gasteiger partial charge in [-0.2, -0.15) is 0 Å². The van der Waals surface area contributed by atoms with Crippen LogP contribution in [0.4, 0.5) is 4.39 Å². The third kappa shape index (κ3) is 2.76. The summed E-state index contributed by atoms with van der Waals surface area (Å²) in [6, 6.07) is 6.24. The Hall–Kier alpha value is -1.95. The molecule has 2 heterocycles. The molecule has 2 aromatic rings. The fourth-order valence-electron chi connectivity index (χ4n) is 2.64. The van der Waals surface area contributed by atoms with Crippen LogP contribution >= 0.6 is 11.3 Å². The maximum absolute atomic E-state index is 13.2. The smallest absolute Gasteiger partial charge is 0.263 e. The summed E-state index contributed by atoms with van der Waals surface area (Å²) in [6.07, 6.45) is 1.22. The molecular formula is C15H15FN2O2S. The molecule has 0 saturated carbocycles. The van der Waals surface area contributed by atoms with Crippen molar-refractivity contribution in [1.82, 2.24) is 4.90 Å². The van der Waals surface area contributed by atoms with Gasteiger partial charge >= 0.3 is 0 Å². The Morgan fingerprint density at radius 1 is 1.24 bits per heavy atom. The summed E-state index contributed by atoms with van der Waals surface area (Å²) >= 11 is 1.37. The largest absolute Gasteiger partial charge is 0.369 e. The molecule has 0 radical (unpaired) electrons. The van der Waals surface area contributed by atoms with Crippen LogP contribution < -0.4 is 5.73 Å². The lowest BCUT2D eigenvalue weighted by atomic mass is 9.96. The van der Waals surface area contributed by atoms with Gasteiger partial charge < -0.3 is 10.6 Å². The van der Waals surface area contributed by atoms with E-state index in [2.05, 4.69) is 0 Å². The first-order valence-corrected chi connectivity index (χ1v) is 7.64. The highest BCUT2D eigenvalue weighted by Crippen LogP contribution is 2.28. The monoisotopic (exact) mass is 306 g/mol. The number of hydrogen-bond acceptors (Lipinski definition) is 3. The van der Waals surface area contributed by atoms with Crippen molar-refractivity contribution in [3.05, 3.63) is 35.0 Å². The van der Waals surface area contributed by atoms with Gasteiger partial charge in [0.2, 0.25) is 5.91 Å². The number of primary amides is 1. The van der Waals surface area contributed by atoms with Crippen LogP contribution in [-0.2, 0) is 4.79 Å². The van der Waals surface area contributed by atoms with E-state index in [1.807, 2.05) is 0 Å². The van der Waals surface area contributed by atoms with Gasteiger partial charge in [0.05, 0.1) is 4.88 Å². The van der Waals surface area contributed by atoms with E-state index < -0.39 is 0 Å². The third-order valence-corrected chi connectivity index (χ3v) is 4.98. The molecule has 1 aromatic carbocycles. The molecule has 2 amide bonds. The second-order valence-electron chi connectivity index (χ2n) is 5.26. The van der Waals surface area contributed by atoms with Gasteiger partial charge in [0.15, 0.2) is 0 Å². The number of nitrogens with zero attached hydrogens (tertiary/aromatic N) is 1. The molecule has 4 nitrogen and oxygen atoms in total. The summed E-state index contributed by atoms with van der Waals surface area (Å²) in [4.78, 5) is 25.9. The maximum atomic E-state index is 13.2. The molecule has 1 saturated heterocycles. The first-order chi connectivity index (χ1) is 10.0. The molecule has 3 rings (SSSR count).